The van der Waals surface area contributed by atoms with Crippen molar-refractivity contribution in [1.29, 1.82) is 0 Å². The van der Waals surface area contributed by atoms with Crippen LogP contribution < -0.4 is 4.90 Å². The van der Waals surface area contributed by atoms with Crippen molar-refractivity contribution in [1.82, 2.24) is 9.38 Å². The Balaban J connectivity index is 1.93. The van der Waals surface area contributed by atoms with E-state index in [0.717, 1.165) is 6.42 Å². The zero-order valence-corrected chi connectivity index (χ0v) is 13.2. The molecule has 0 aliphatic heterocycles. The number of thiophene rings is 1. The zero-order chi connectivity index (χ0) is 15.0. The molecule has 0 fully saturated rings. The first-order valence-electron chi connectivity index (χ1n) is 6.41. The summed E-state index contributed by atoms with van der Waals surface area (Å²) in [5.41, 5.74) is 1.24. The van der Waals surface area contributed by atoms with Gasteiger partial charge in [-0.25, -0.2) is 0 Å². The van der Waals surface area contributed by atoms with E-state index >= 15 is 0 Å². The smallest absolute Gasteiger partial charge is 0.358 e. The summed E-state index contributed by atoms with van der Waals surface area (Å²) in [6.45, 7) is 2.05. The van der Waals surface area contributed by atoms with Crippen LogP contribution in [0.1, 0.15) is 12.5 Å². The van der Waals surface area contributed by atoms with Crippen LogP contribution in [-0.2, 0) is 6.42 Å². The first-order chi connectivity index (χ1) is 10.1. The number of aromatic nitrogens is 2. The Morgan fingerprint density at radius 3 is 3.00 bits per heavy atom. The maximum absolute atomic E-state index is 11.4. The molecule has 6 nitrogen and oxygen atoms in total. The molecule has 3 aromatic rings. The molecule has 0 aromatic carbocycles. The average molecular weight is 322 g/mol. The van der Waals surface area contributed by atoms with Crippen LogP contribution in [0.25, 0.3) is 4.96 Å². The molecule has 1 unspecified atom stereocenters. The molecular formula is C13H14N4O2S2. The van der Waals surface area contributed by atoms with E-state index in [2.05, 4.69) is 23.4 Å². The quantitative estimate of drug-likeness (QED) is 0.533. The minimum absolute atomic E-state index is 0.0333. The van der Waals surface area contributed by atoms with E-state index in [-0.39, 0.29) is 16.8 Å². The molecule has 0 saturated heterocycles. The second-order valence-corrected chi connectivity index (χ2v) is 6.52. The van der Waals surface area contributed by atoms with Gasteiger partial charge in [0.2, 0.25) is 5.82 Å². The van der Waals surface area contributed by atoms with Gasteiger partial charge >= 0.3 is 5.82 Å². The van der Waals surface area contributed by atoms with Gasteiger partial charge in [-0.3, -0.25) is 0 Å². The Hall–Kier alpha value is -1.93. The van der Waals surface area contributed by atoms with E-state index in [1.807, 2.05) is 17.3 Å². The van der Waals surface area contributed by atoms with Gasteiger partial charge in [0.1, 0.15) is 6.20 Å². The van der Waals surface area contributed by atoms with Crippen molar-refractivity contribution < 1.29 is 4.92 Å². The molecule has 3 aromatic heterocycles. The number of imidazole rings is 1. The summed E-state index contributed by atoms with van der Waals surface area (Å²) in [6.07, 6.45) is 2.52. The minimum Gasteiger partial charge on any atom is -0.358 e. The number of nitro groups is 1. The van der Waals surface area contributed by atoms with Gasteiger partial charge in [-0.05, 0) is 40.7 Å². The van der Waals surface area contributed by atoms with Crippen LogP contribution in [0, 0.1) is 10.1 Å². The van der Waals surface area contributed by atoms with Crippen LogP contribution in [-0.4, -0.2) is 27.4 Å². The fraction of sp³-hybridized carbons (Fsp3) is 0.308. The van der Waals surface area contributed by atoms with E-state index in [1.165, 1.54) is 21.3 Å². The SMILES string of the molecule is CC(Cc1ccsc1)N(C)c1nc2sccn2c1[N+](=O)[O-]. The van der Waals surface area contributed by atoms with Gasteiger partial charge in [0.25, 0.3) is 4.96 Å². The molecule has 21 heavy (non-hydrogen) atoms. The third-order valence-corrected chi connectivity index (χ3v) is 4.99. The lowest BCUT2D eigenvalue weighted by atomic mass is 10.1. The number of anilines is 1. The lowest BCUT2D eigenvalue weighted by Gasteiger charge is -2.23. The van der Waals surface area contributed by atoms with Crippen LogP contribution in [0.5, 0.6) is 0 Å². The van der Waals surface area contributed by atoms with E-state index in [1.54, 1.807) is 22.9 Å². The normalized spacial score (nSPS) is 12.7. The highest BCUT2D eigenvalue weighted by atomic mass is 32.1. The van der Waals surface area contributed by atoms with E-state index in [0.29, 0.717) is 10.8 Å². The number of nitrogens with zero attached hydrogens (tertiary/aromatic N) is 4. The van der Waals surface area contributed by atoms with Crippen LogP contribution in [0.15, 0.2) is 28.4 Å². The van der Waals surface area contributed by atoms with Crippen molar-refractivity contribution in [2.24, 2.45) is 0 Å². The zero-order valence-electron chi connectivity index (χ0n) is 11.6. The molecule has 3 rings (SSSR count). The molecule has 3 heterocycles. The second kappa shape index (κ2) is 5.45. The van der Waals surface area contributed by atoms with E-state index < -0.39 is 0 Å². The van der Waals surface area contributed by atoms with Crippen molar-refractivity contribution in [2.75, 3.05) is 11.9 Å². The molecule has 0 spiro atoms. The number of fused-ring (bicyclic) bond motifs is 1. The fourth-order valence-electron chi connectivity index (χ4n) is 2.26. The summed E-state index contributed by atoms with van der Waals surface area (Å²) in [7, 11) is 1.86. The van der Waals surface area contributed by atoms with Gasteiger partial charge in [0, 0.05) is 18.5 Å². The number of hydrogen-bond donors (Lipinski definition) is 0. The van der Waals surface area contributed by atoms with E-state index in [4.69, 9.17) is 0 Å². The fourth-order valence-corrected chi connectivity index (χ4v) is 3.65. The number of hydrogen-bond acceptors (Lipinski definition) is 6. The van der Waals surface area contributed by atoms with Crippen LogP contribution in [0.2, 0.25) is 0 Å². The molecule has 1 atom stereocenters. The summed E-state index contributed by atoms with van der Waals surface area (Å²) in [6, 6.07) is 2.21. The highest BCUT2D eigenvalue weighted by molar-refractivity contribution is 7.15. The Morgan fingerprint density at radius 1 is 1.52 bits per heavy atom. The largest absolute Gasteiger partial charge is 0.373 e. The maximum atomic E-state index is 11.4. The van der Waals surface area contributed by atoms with Crippen LogP contribution in [0.3, 0.4) is 0 Å². The lowest BCUT2D eigenvalue weighted by Crippen LogP contribution is -2.31. The van der Waals surface area contributed by atoms with E-state index in [9.17, 15) is 10.1 Å². The Bertz CT molecular complexity index is 762. The van der Waals surface area contributed by atoms with Gasteiger partial charge < -0.3 is 15.0 Å². The average Bonchev–Trinajstić information content (AvgIpc) is 3.12. The Kier molecular flexibility index (Phi) is 3.64. The first kappa shape index (κ1) is 14.0. The molecule has 0 N–H and O–H groups in total. The van der Waals surface area contributed by atoms with Crippen molar-refractivity contribution >= 4 is 39.3 Å². The maximum Gasteiger partial charge on any atom is 0.373 e. The molecule has 110 valence electrons. The highest BCUT2D eigenvalue weighted by Gasteiger charge is 2.28. The summed E-state index contributed by atoms with van der Waals surface area (Å²) >= 11 is 3.05. The Labute approximate surface area is 129 Å². The van der Waals surface area contributed by atoms with Crippen LogP contribution >= 0.6 is 22.7 Å². The standard InChI is InChI=1S/C13H14N4O2S2/c1-9(7-10-3-5-20-8-10)15(2)11-12(17(18)19)16-4-6-21-13(16)14-11/h3-6,8-9H,7H2,1-2H3. The minimum atomic E-state index is -0.365. The molecule has 0 bridgehead atoms. The summed E-state index contributed by atoms with van der Waals surface area (Å²) in [5.74, 6) is 0.459. The number of rotatable bonds is 5. The van der Waals surface area contributed by atoms with Gasteiger partial charge in [0.05, 0.1) is 0 Å². The summed E-state index contributed by atoms with van der Waals surface area (Å²) in [4.78, 5) is 17.9. The second-order valence-electron chi connectivity index (χ2n) is 4.87. The van der Waals surface area contributed by atoms with Gasteiger partial charge in [-0.15, -0.1) is 0 Å². The molecule has 0 aliphatic carbocycles. The predicted molar refractivity (Wildman–Crippen MR) is 85.6 cm³/mol. The molecule has 0 aliphatic rings. The number of thiazole rings is 1. The van der Waals surface area contributed by atoms with Crippen molar-refractivity contribution in [2.45, 2.75) is 19.4 Å². The monoisotopic (exact) mass is 322 g/mol. The molecule has 0 amide bonds. The molecular weight excluding hydrogens is 308 g/mol. The Morgan fingerprint density at radius 2 is 2.33 bits per heavy atom. The highest BCUT2D eigenvalue weighted by Crippen LogP contribution is 2.31. The number of likely N-dealkylation sites (N-methyl/N-ethyl adjacent to an activating group) is 1. The predicted octanol–water partition coefficient (Wildman–Crippen LogP) is 3.43. The molecule has 0 radical (unpaired) electrons. The third kappa shape index (κ3) is 2.52. The summed E-state index contributed by atoms with van der Waals surface area (Å²) < 4.78 is 1.54. The molecule has 8 heteroatoms. The van der Waals surface area contributed by atoms with Crippen molar-refractivity contribution in [3.63, 3.8) is 0 Å². The topological polar surface area (TPSA) is 63.7 Å². The first-order valence-corrected chi connectivity index (χ1v) is 8.24. The molecule has 0 saturated carbocycles. The van der Waals surface area contributed by atoms with Crippen molar-refractivity contribution in [3.05, 3.63) is 44.1 Å². The van der Waals surface area contributed by atoms with Gasteiger partial charge in [-0.1, -0.05) is 11.3 Å². The summed E-state index contributed by atoms with van der Waals surface area (Å²) in [5, 5.41) is 17.3. The third-order valence-electron chi connectivity index (χ3n) is 3.50. The van der Waals surface area contributed by atoms with Gasteiger partial charge in [0.15, 0.2) is 0 Å². The lowest BCUT2D eigenvalue weighted by molar-refractivity contribution is -0.389. The van der Waals surface area contributed by atoms with Crippen LogP contribution in [0.4, 0.5) is 11.6 Å². The van der Waals surface area contributed by atoms with Gasteiger partial charge in [-0.2, -0.15) is 20.7 Å². The van der Waals surface area contributed by atoms with Crippen molar-refractivity contribution in [3.8, 4) is 0 Å².